The van der Waals surface area contributed by atoms with Crippen LogP contribution in [0.2, 0.25) is 0 Å². The first-order chi connectivity index (χ1) is 9.94. The number of amides is 1. The average molecular weight is 335 g/mol. The van der Waals surface area contributed by atoms with Crippen LogP contribution >= 0.6 is 12.4 Å². The summed E-state index contributed by atoms with van der Waals surface area (Å²) in [5, 5.41) is 15.6. The van der Waals surface area contributed by atoms with Crippen LogP contribution in [0.15, 0.2) is 18.2 Å². The van der Waals surface area contributed by atoms with Crippen molar-refractivity contribution in [2.45, 2.75) is 37.8 Å². The van der Waals surface area contributed by atoms with Crippen molar-refractivity contribution >= 4 is 18.3 Å². The summed E-state index contributed by atoms with van der Waals surface area (Å²) >= 11 is 0. The first-order valence-electron chi connectivity index (χ1n) is 7.09. The van der Waals surface area contributed by atoms with Gasteiger partial charge in [-0.1, -0.05) is 6.07 Å². The molecule has 2 atom stereocenters. The molecule has 0 spiro atoms. The number of carbonyl (C=O) groups is 1. The Balaban J connectivity index is 0.00000242. The van der Waals surface area contributed by atoms with Crippen molar-refractivity contribution in [3.63, 3.8) is 0 Å². The number of aliphatic hydroxyl groups excluding tert-OH is 1. The highest BCUT2D eigenvalue weighted by atomic mass is 35.5. The summed E-state index contributed by atoms with van der Waals surface area (Å²) in [4.78, 5) is 12.2. The summed E-state index contributed by atoms with van der Waals surface area (Å²) in [5.41, 5.74) is -1.11. The van der Waals surface area contributed by atoms with Gasteiger partial charge in [0.1, 0.15) is 17.7 Å². The van der Waals surface area contributed by atoms with Crippen molar-refractivity contribution in [1.82, 2.24) is 10.6 Å². The van der Waals surface area contributed by atoms with E-state index in [4.69, 9.17) is 0 Å². The monoisotopic (exact) mass is 334 g/mol. The molecule has 2 unspecified atom stereocenters. The molecule has 1 aliphatic rings. The van der Waals surface area contributed by atoms with E-state index in [2.05, 4.69) is 10.6 Å². The first-order valence-corrected chi connectivity index (χ1v) is 7.09. The lowest BCUT2D eigenvalue weighted by Crippen LogP contribution is -2.57. The maximum atomic E-state index is 13.5. The SMILES string of the molecule is CC1(C(=O)NCC(O)c2c(F)cccc2F)CCCCN1.Cl. The van der Waals surface area contributed by atoms with E-state index in [1.54, 1.807) is 6.92 Å². The number of halogens is 3. The molecule has 0 aromatic heterocycles. The molecule has 124 valence electrons. The molecule has 0 saturated carbocycles. The number of aliphatic hydroxyl groups is 1. The van der Waals surface area contributed by atoms with Gasteiger partial charge in [-0.3, -0.25) is 4.79 Å². The second kappa shape index (κ2) is 7.85. The van der Waals surface area contributed by atoms with E-state index < -0.39 is 28.8 Å². The minimum absolute atomic E-state index is 0. The standard InChI is InChI=1S/C15H20F2N2O2.ClH/c1-15(7-2-3-8-19-15)14(21)18-9-12(20)13-10(16)5-4-6-11(13)17;/h4-6,12,19-20H,2-3,7-9H2,1H3,(H,18,21);1H. The van der Waals surface area contributed by atoms with E-state index >= 15 is 0 Å². The highest BCUT2D eigenvalue weighted by Crippen LogP contribution is 2.21. The molecule has 1 aliphatic heterocycles. The summed E-state index contributed by atoms with van der Waals surface area (Å²) in [5.74, 6) is -1.91. The third-order valence-corrected chi connectivity index (χ3v) is 3.91. The van der Waals surface area contributed by atoms with Gasteiger partial charge in [0.25, 0.3) is 0 Å². The third-order valence-electron chi connectivity index (χ3n) is 3.91. The maximum absolute atomic E-state index is 13.5. The number of rotatable bonds is 4. The molecule has 3 N–H and O–H groups in total. The molecule has 7 heteroatoms. The highest BCUT2D eigenvalue weighted by Gasteiger charge is 2.34. The fourth-order valence-electron chi connectivity index (χ4n) is 2.57. The number of hydrogen-bond acceptors (Lipinski definition) is 3. The van der Waals surface area contributed by atoms with Crippen molar-refractivity contribution in [3.8, 4) is 0 Å². The van der Waals surface area contributed by atoms with Crippen molar-refractivity contribution in [1.29, 1.82) is 0 Å². The normalized spacial score (nSPS) is 22.5. The molecule has 0 aliphatic carbocycles. The van der Waals surface area contributed by atoms with Crippen LogP contribution in [0.3, 0.4) is 0 Å². The van der Waals surface area contributed by atoms with Crippen LogP contribution in [0, 0.1) is 11.6 Å². The molecule has 1 aromatic rings. The Labute approximate surface area is 134 Å². The van der Waals surface area contributed by atoms with Crippen LogP contribution < -0.4 is 10.6 Å². The molecule has 22 heavy (non-hydrogen) atoms. The van der Waals surface area contributed by atoms with Gasteiger partial charge in [0.15, 0.2) is 0 Å². The fraction of sp³-hybridized carbons (Fsp3) is 0.533. The lowest BCUT2D eigenvalue weighted by atomic mass is 9.90. The molecule has 0 bridgehead atoms. The van der Waals surface area contributed by atoms with E-state index in [-0.39, 0.29) is 24.9 Å². The topological polar surface area (TPSA) is 61.4 Å². The largest absolute Gasteiger partial charge is 0.386 e. The Morgan fingerprint density at radius 3 is 2.59 bits per heavy atom. The molecule has 1 amide bonds. The Hall–Kier alpha value is -1.24. The van der Waals surface area contributed by atoms with E-state index in [0.717, 1.165) is 31.5 Å². The molecular weight excluding hydrogens is 314 g/mol. The van der Waals surface area contributed by atoms with Gasteiger partial charge in [0, 0.05) is 6.54 Å². The van der Waals surface area contributed by atoms with Gasteiger partial charge in [-0.25, -0.2) is 8.78 Å². The first kappa shape index (κ1) is 18.8. The van der Waals surface area contributed by atoms with Crippen LogP contribution in [-0.4, -0.2) is 29.6 Å². The summed E-state index contributed by atoms with van der Waals surface area (Å²) < 4.78 is 27.1. The van der Waals surface area contributed by atoms with Crippen LogP contribution in [0.4, 0.5) is 8.78 Å². The lowest BCUT2D eigenvalue weighted by molar-refractivity contribution is -0.128. The van der Waals surface area contributed by atoms with Crippen molar-refractivity contribution in [3.05, 3.63) is 35.4 Å². The quantitative estimate of drug-likeness (QED) is 0.790. The highest BCUT2D eigenvalue weighted by molar-refractivity contribution is 5.86. The number of carbonyl (C=O) groups excluding carboxylic acids is 1. The molecule has 1 heterocycles. The van der Waals surface area contributed by atoms with Crippen molar-refractivity contribution in [2.75, 3.05) is 13.1 Å². The number of hydrogen-bond donors (Lipinski definition) is 3. The summed E-state index contributed by atoms with van der Waals surface area (Å²) in [6, 6.07) is 3.38. The van der Waals surface area contributed by atoms with Crippen LogP contribution in [0.5, 0.6) is 0 Å². The number of benzene rings is 1. The molecule has 2 rings (SSSR count). The third kappa shape index (κ3) is 4.15. The second-order valence-corrected chi connectivity index (χ2v) is 5.58. The van der Waals surface area contributed by atoms with E-state index in [0.29, 0.717) is 6.42 Å². The Morgan fingerprint density at radius 2 is 2.05 bits per heavy atom. The van der Waals surface area contributed by atoms with Crippen LogP contribution in [0.25, 0.3) is 0 Å². The van der Waals surface area contributed by atoms with Gasteiger partial charge >= 0.3 is 0 Å². The number of nitrogens with one attached hydrogen (secondary N) is 2. The van der Waals surface area contributed by atoms with Crippen LogP contribution in [-0.2, 0) is 4.79 Å². The zero-order valence-electron chi connectivity index (χ0n) is 12.4. The van der Waals surface area contributed by atoms with Gasteiger partial charge in [0.05, 0.1) is 11.1 Å². The van der Waals surface area contributed by atoms with Gasteiger partial charge < -0.3 is 15.7 Å². The average Bonchev–Trinajstić information content (AvgIpc) is 2.45. The molecule has 1 aromatic carbocycles. The summed E-state index contributed by atoms with van der Waals surface area (Å²) in [6.07, 6.45) is 1.25. The smallest absolute Gasteiger partial charge is 0.240 e. The molecule has 4 nitrogen and oxygen atoms in total. The van der Waals surface area contributed by atoms with Gasteiger partial charge in [0.2, 0.25) is 5.91 Å². The van der Waals surface area contributed by atoms with Gasteiger partial charge in [-0.05, 0) is 44.9 Å². The van der Waals surface area contributed by atoms with Crippen LogP contribution in [0.1, 0.15) is 37.9 Å². The van der Waals surface area contributed by atoms with Crippen molar-refractivity contribution < 1.29 is 18.7 Å². The predicted octanol–water partition coefficient (Wildman–Crippen LogP) is 2.07. The molecular formula is C15H21ClF2N2O2. The molecule has 1 saturated heterocycles. The molecule has 0 radical (unpaired) electrons. The molecule has 1 fully saturated rings. The minimum atomic E-state index is -1.41. The maximum Gasteiger partial charge on any atom is 0.240 e. The zero-order chi connectivity index (χ0) is 15.5. The van der Waals surface area contributed by atoms with Crippen molar-refractivity contribution in [2.24, 2.45) is 0 Å². The summed E-state index contributed by atoms with van der Waals surface area (Å²) in [6.45, 7) is 2.32. The Kier molecular flexibility index (Phi) is 6.71. The van der Waals surface area contributed by atoms with E-state index in [9.17, 15) is 18.7 Å². The second-order valence-electron chi connectivity index (χ2n) is 5.58. The predicted molar refractivity (Wildman–Crippen MR) is 81.8 cm³/mol. The van der Waals surface area contributed by atoms with Gasteiger partial charge in [-0.2, -0.15) is 0 Å². The fourth-order valence-corrected chi connectivity index (χ4v) is 2.57. The Bertz CT molecular complexity index is 502. The van der Waals surface area contributed by atoms with E-state index in [1.165, 1.54) is 6.07 Å². The lowest BCUT2D eigenvalue weighted by Gasteiger charge is -2.33. The number of piperidine rings is 1. The minimum Gasteiger partial charge on any atom is -0.386 e. The Morgan fingerprint density at radius 1 is 1.41 bits per heavy atom. The van der Waals surface area contributed by atoms with E-state index in [1.807, 2.05) is 0 Å². The van der Waals surface area contributed by atoms with Gasteiger partial charge in [-0.15, -0.1) is 12.4 Å². The zero-order valence-corrected chi connectivity index (χ0v) is 13.2. The summed E-state index contributed by atoms with van der Waals surface area (Å²) in [7, 11) is 0.